The molecule has 0 aliphatic carbocycles. The first-order chi connectivity index (χ1) is 10.9. The molecule has 3 aromatic rings. The third-order valence-electron chi connectivity index (χ3n) is 3.00. The highest BCUT2D eigenvalue weighted by Crippen LogP contribution is 2.29. The SMILES string of the molecule is O=C(NCc1nnc2ccc(C(F)(F)F)cn12)c1cnccn1. The van der Waals surface area contributed by atoms with E-state index >= 15 is 0 Å². The van der Waals surface area contributed by atoms with E-state index in [0.29, 0.717) is 0 Å². The maximum atomic E-state index is 12.8. The molecule has 0 unspecified atom stereocenters. The summed E-state index contributed by atoms with van der Waals surface area (Å²) in [5.74, 6) is -0.342. The number of carbonyl (C=O) groups is 1. The van der Waals surface area contributed by atoms with Crippen LogP contribution in [0.1, 0.15) is 21.9 Å². The van der Waals surface area contributed by atoms with E-state index in [9.17, 15) is 18.0 Å². The van der Waals surface area contributed by atoms with Crippen LogP contribution in [0, 0.1) is 0 Å². The summed E-state index contributed by atoms with van der Waals surface area (Å²) in [6, 6.07) is 2.13. The van der Waals surface area contributed by atoms with Crippen molar-refractivity contribution in [3.63, 3.8) is 0 Å². The molecule has 1 N–H and O–H groups in total. The molecule has 0 radical (unpaired) electrons. The molecular formula is C13H9F3N6O. The first-order valence-corrected chi connectivity index (χ1v) is 6.40. The van der Waals surface area contributed by atoms with Crippen LogP contribution in [-0.2, 0) is 12.7 Å². The molecule has 7 nitrogen and oxygen atoms in total. The molecule has 1 amide bonds. The average Bonchev–Trinajstić information content (AvgIpc) is 2.95. The monoisotopic (exact) mass is 322 g/mol. The quantitative estimate of drug-likeness (QED) is 0.789. The summed E-state index contributed by atoms with van der Waals surface area (Å²) in [5, 5.41) is 10.0. The van der Waals surface area contributed by atoms with Crippen molar-refractivity contribution in [1.29, 1.82) is 0 Å². The van der Waals surface area contributed by atoms with Crippen LogP contribution in [0.15, 0.2) is 36.9 Å². The fourth-order valence-electron chi connectivity index (χ4n) is 1.89. The number of rotatable bonds is 3. The van der Waals surface area contributed by atoms with Crippen molar-refractivity contribution in [3.8, 4) is 0 Å². The minimum absolute atomic E-state index is 0.0947. The van der Waals surface area contributed by atoms with Crippen LogP contribution < -0.4 is 5.32 Å². The van der Waals surface area contributed by atoms with Gasteiger partial charge in [-0.25, -0.2) is 4.98 Å². The van der Waals surface area contributed by atoms with E-state index < -0.39 is 17.6 Å². The summed E-state index contributed by atoms with van der Waals surface area (Å²) >= 11 is 0. The van der Waals surface area contributed by atoms with Crippen molar-refractivity contribution in [2.45, 2.75) is 12.7 Å². The third kappa shape index (κ3) is 3.10. The Kier molecular flexibility index (Phi) is 3.64. The number of carbonyl (C=O) groups excluding carboxylic acids is 1. The Morgan fingerprint density at radius 2 is 2.04 bits per heavy atom. The number of hydrogen-bond acceptors (Lipinski definition) is 5. The largest absolute Gasteiger partial charge is 0.417 e. The van der Waals surface area contributed by atoms with Gasteiger partial charge in [0.1, 0.15) is 5.69 Å². The summed E-state index contributed by atoms with van der Waals surface area (Å²) in [5.41, 5.74) is -0.481. The van der Waals surface area contributed by atoms with Gasteiger partial charge in [0.25, 0.3) is 5.91 Å². The summed E-state index contributed by atoms with van der Waals surface area (Å²) in [4.78, 5) is 19.4. The zero-order chi connectivity index (χ0) is 16.4. The van der Waals surface area contributed by atoms with Crippen molar-refractivity contribution >= 4 is 11.6 Å². The summed E-state index contributed by atoms with van der Waals surface area (Å²) in [7, 11) is 0. The Labute approximate surface area is 127 Å². The Morgan fingerprint density at radius 1 is 1.22 bits per heavy atom. The lowest BCUT2D eigenvalue weighted by molar-refractivity contribution is -0.137. The fraction of sp³-hybridized carbons (Fsp3) is 0.154. The summed E-state index contributed by atoms with van der Waals surface area (Å²) < 4.78 is 39.4. The molecular weight excluding hydrogens is 313 g/mol. The van der Waals surface area contributed by atoms with Crippen LogP contribution in [0.2, 0.25) is 0 Å². The third-order valence-corrected chi connectivity index (χ3v) is 3.00. The van der Waals surface area contributed by atoms with Crippen LogP contribution in [0.3, 0.4) is 0 Å². The number of hydrogen-bond donors (Lipinski definition) is 1. The van der Waals surface area contributed by atoms with Crippen LogP contribution in [0.4, 0.5) is 13.2 Å². The molecule has 0 aliphatic heterocycles. The van der Waals surface area contributed by atoms with Gasteiger partial charge in [0, 0.05) is 18.6 Å². The van der Waals surface area contributed by atoms with Gasteiger partial charge in [-0.05, 0) is 12.1 Å². The Balaban J connectivity index is 1.82. The van der Waals surface area contributed by atoms with E-state index in [1.807, 2.05) is 0 Å². The number of pyridine rings is 1. The first-order valence-electron chi connectivity index (χ1n) is 6.40. The molecule has 0 saturated heterocycles. The lowest BCUT2D eigenvalue weighted by Gasteiger charge is -2.08. The number of nitrogens with zero attached hydrogens (tertiary/aromatic N) is 5. The first kappa shape index (κ1) is 14.9. The van der Waals surface area contributed by atoms with E-state index in [1.54, 1.807) is 0 Å². The van der Waals surface area contributed by atoms with Crippen molar-refractivity contribution in [2.24, 2.45) is 0 Å². The predicted octanol–water partition coefficient (Wildman–Crippen LogP) is 1.47. The van der Waals surface area contributed by atoms with Crippen molar-refractivity contribution in [1.82, 2.24) is 29.9 Å². The molecule has 0 spiro atoms. The highest BCUT2D eigenvalue weighted by Gasteiger charge is 2.31. The molecule has 0 fully saturated rings. The molecule has 10 heteroatoms. The zero-order valence-corrected chi connectivity index (χ0v) is 11.4. The van der Waals surface area contributed by atoms with E-state index in [0.717, 1.165) is 12.3 Å². The molecule has 3 rings (SSSR count). The Bertz CT molecular complexity index is 846. The van der Waals surface area contributed by atoms with Gasteiger partial charge in [-0.1, -0.05) is 0 Å². The van der Waals surface area contributed by atoms with Gasteiger partial charge in [-0.2, -0.15) is 13.2 Å². The van der Waals surface area contributed by atoms with Crippen LogP contribution in [-0.4, -0.2) is 30.5 Å². The number of nitrogens with one attached hydrogen (secondary N) is 1. The smallest absolute Gasteiger partial charge is 0.343 e. The average molecular weight is 322 g/mol. The van der Waals surface area contributed by atoms with E-state index in [1.165, 1.54) is 29.1 Å². The van der Waals surface area contributed by atoms with Crippen LogP contribution in [0.5, 0.6) is 0 Å². The second-order valence-electron chi connectivity index (χ2n) is 4.53. The van der Waals surface area contributed by atoms with Crippen LogP contribution in [0.25, 0.3) is 5.65 Å². The lowest BCUT2D eigenvalue weighted by Crippen LogP contribution is -2.25. The second kappa shape index (κ2) is 5.63. The zero-order valence-electron chi connectivity index (χ0n) is 11.4. The highest BCUT2D eigenvalue weighted by atomic mass is 19.4. The number of amides is 1. The standard InChI is InChI=1S/C13H9F3N6O/c14-13(15,16)8-1-2-10-20-21-11(22(10)7-8)6-19-12(23)9-5-17-3-4-18-9/h1-5,7H,6H2,(H,19,23). The number of fused-ring (bicyclic) bond motifs is 1. The molecule has 3 aromatic heterocycles. The topological polar surface area (TPSA) is 85.1 Å². The van der Waals surface area contributed by atoms with Crippen molar-refractivity contribution in [2.75, 3.05) is 0 Å². The molecule has 0 aliphatic rings. The normalized spacial score (nSPS) is 11.6. The van der Waals surface area contributed by atoms with Gasteiger partial charge in [0.2, 0.25) is 0 Å². The molecule has 23 heavy (non-hydrogen) atoms. The minimum atomic E-state index is -4.47. The van der Waals surface area contributed by atoms with Gasteiger partial charge in [0.05, 0.1) is 18.3 Å². The lowest BCUT2D eigenvalue weighted by atomic mass is 10.3. The maximum Gasteiger partial charge on any atom is 0.417 e. The maximum absolute atomic E-state index is 12.8. The van der Waals surface area contributed by atoms with Gasteiger partial charge in [0.15, 0.2) is 11.5 Å². The Morgan fingerprint density at radius 3 is 2.74 bits per heavy atom. The van der Waals surface area contributed by atoms with Gasteiger partial charge >= 0.3 is 6.18 Å². The van der Waals surface area contributed by atoms with E-state index in [-0.39, 0.29) is 23.7 Å². The predicted molar refractivity (Wildman–Crippen MR) is 71.2 cm³/mol. The summed E-state index contributed by atoms with van der Waals surface area (Å²) in [6.45, 7) is -0.0993. The number of aromatic nitrogens is 5. The highest BCUT2D eigenvalue weighted by molar-refractivity contribution is 5.91. The van der Waals surface area contributed by atoms with Crippen molar-refractivity contribution < 1.29 is 18.0 Å². The molecule has 118 valence electrons. The van der Waals surface area contributed by atoms with Gasteiger partial charge < -0.3 is 5.32 Å². The van der Waals surface area contributed by atoms with Crippen molar-refractivity contribution in [3.05, 3.63) is 54.0 Å². The minimum Gasteiger partial charge on any atom is -0.343 e. The second-order valence-corrected chi connectivity index (χ2v) is 4.53. The number of alkyl halides is 3. The molecule has 0 atom stereocenters. The van der Waals surface area contributed by atoms with E-state index in [4.69, 9.17) is 0 Å². The molecule has 0 aromatic carbocycles. The van der Waals surface area contributed by atoms with Gasteiger partial charge in [-0.15, -0.1) is 10.2 Å². The van der Waals surface area contributed by atoms with Gasteiger partial charge in [-0.3, -0.25) is 14.2 Å². The summed E-state index contributed by atoms with van der Waals surface area (Å²) in [6.07, 6.45) is 0.467. The van der Waals surface area contributed by atoms with E-state index in [2.05, 4.69) is 25.5 Å². The number of halogens is 3. The molecule has 0 saturated carbocycles. The van der Waals surface area contributed by atoms with Crippen LogP contribution >= 0.6 is 0 Å². The molecule has 3 heterocycles. The fourth-order valence-corrected chi connectivity index (χ4v) is 1.89. The molecule has 0 bridgehead atoms. The Hall–Kier alpha value is -3.04.